The molecule has 0 radical (unpaired) electrons. The van der Waals surface area contributed by atoms with Crippen LogP contribution in [0.1, 0.15) is 12.8 Å². The number of nitrogens with one attached hydrogen (secondary N) is 1. The highest BCUT2D eigenvalue weighted by molar-refractivity contribution is 7.99. The summed E-state index contributed by atoms with van der Waals surface area (Å²) in [6.07, 6.45) is 1.44. The highest BCUT2D eigenvalue weighted by Crippen LogP contribution is 2.29. The van der Waals surface area contributed by atoms with Crippen LogP contribution in [0.5, 0.6) is 0 Å². The predicted octanol–water partition coefficient (Wildman–Crippen LogP) is 1.44. The van der Waals surface area contributed by atoms with Crippen molar-refractivity contribution >= 4 is 11.8 Å². The molecule has 0 spiro atoms. The van der Waals surface area contributed by atoms with E-state index in [1.807, 2.05) is 18.8 Å². The van der Waals surface area contributed by atoms with Crippen molar-refractivity contribution in [1.82, 2.24) is 5.32 Å². The smallest absolute Gasteiger partial charge is 0.125 e. The number of rotatable bonds is 2. The summed E-state index contributed by atoms with van der Waals surface area (Å²) >= 11 is 1.86. The van der Waals surface area contributed by atoms with Crippen LogP contribution in [-0.4, -0.2) is 30.8 Å². The Morgan fingerprint density at radius 2 is 2.10 bits per heavy atom. The second kappa shape index (κ2) is 3.58. The predicted molar refractivity (Wildman–Crippen MR) is 44.3 cm³/mol. The van der Waals surface area contributed by atoms with E-state index in [0.717, 1.165) is 24.3 Å². The largest absolute Gasteiger partial charge is 0.317 e. The molecule has 10 heavy (non-hydrogen) atoms. The van der Waals surface area contributed by atoms with Gasteiger partial charge in [-0.05, 0) is 31.4 Å². The third kappa shape index (κ3) is 2.13. The topological polar surface area (TPSA) is 12.0 Å². The van der Waals surface area contributed by atoms with Crippen molar-refractivity contribution in [3.05, 3.63) is 0 Å². The fourth-order valence-electron chi connectivity index (χ4n) is 1.23. The molecule has 0 amide bonds. The molecule has 0 aliphatic carbocycles. The van der Waals surface area contributed by atoms with Crippen molar-refractivity contribution in [2.24, 2.45) is 0 Å². The van der Waals surface area contributed by atoms with Crippen LogP contribution in [0.4, 0.5) is 4.39 Å². The molecule has 1 aliphatic rings. The van der Waals surface area contributed by atoms with Crippen LogP contribution in [0.3, 0.4) is 0 Å². The van der Waals surface area contributed by atoms with E-state index in [0.29, 0.717) is 6.54 Å². The molecule has 3 heteroatoms. The van der Waals surface area contributed by atoms with Crippen molar-refractivity contribution in [2.45, 2.75) is 18.5 Å². The first-order valence-corrected chi connectivity index (χ1v) is 4.84. The first-order chi connectivity index (χ1) is 4.77. The van der Waals surface area contributed by atoms with Gasteiger partial charge in [-0.3, -0.25) is 0 Å². The summed E-state index contributed by atoms with van der Waals surface area (Å²) in [6, 6.07) is 0. The Balaban J connectivity index is 2.32. The second-order valence-corrected chi connectivity index (χ2v) is 4.02. The van der Waals surface area contributed by atoms with Gasteiger partial charge in [-0.1, -0.05) is 0 Å². The van der Waals surface area contributed by atoms with Crippen molar-refractivity contribution in [3.63, 3.8) is 0 Å². The third-order valence-electron chi connectivity index (χ3n) is 1.88. The minimum Gasteiger partial charge on any atom is -0.317 e. The standard InChI is InChI=1S/C7H14FNS/c1-9-6-7(8)2-4-10-5-3-7/h9H,2-6H2,1H3. The zero-order chi connectivity index (χ0) is 7.45. The first-order valence-electron chi connectivity index (χ1n) is 3.68. The van der Waals surface area contributed by atoms with Gasteiger partial charge in [0.25, 0.3) is 0 Å². The average Bonchev–Trinajstić information content (AvgIpc) is 1.89. The molecule has 1 heterocycles. The van der Waals surface area contributed by atoms with Crippen molar-refractivity contribution in [1.29, 1.82) is 0 Å². The highest BCUT2D eigenvalue weighted by atomic mass is 32.2. The molecule has 1 aliphatic heterocycles. The van der Waals surface area contributed by atoms with E-state index in [2.05, 4.69) is 5.32 Å². The molecule has 1 N–H and O–H groups in total. The van der Waals surface area contributed by atoms with Crippen LogP contribution in [0.15, 0.2) is 0 Å². The second-order valence-electron chi connectivity index (χ2n) is 2.79. The van der Waals surface area contributed by atoms with E-state index in [-0.39, 0.29) is 0 Å². The van der Waals surface area contributed by atoms with E-state index in [4.69, 9.17) is 0 Å². The van der Waals surface area contributed by atoms with E-state index in [1.165, 1.54) is 0 Å². The molecule has 1 nitrogen and oxygen atoms in total. The lowest BCUT2D eigenvalue weighted by molar-refractivity contribution is 0.150. The van der Waals surface area contributed by atoms with Gasteiger partial charge in [-0.15, -0.1) is 0 Å². The normalized spacial score (nSPS) is 24.6. The summed E-state index contributed by atoms with van der Waals surface area (Å²) in [5.41, 5.74) is -0.903. The van der Waals surface area contributed by atoms with Crippen LogP contribution in [0.2, 0.25) is 0 Å². The Bertz CT molecular complexity index is 96.3. The lowest BCUT2D eigenvalue weighted by Gasteiger charge is -2.28. The molecule has 1 fully saturated rings. The Morgan fingerprint density at radius 3 is 2.60 bits per heavy atom. The lowest BCUT2D eigenvalue weighted by Crippen LogP contribution is -2.38. The van der Waals surface area contributed by atoms with E-state index < -0.39 is 5.67 Å². The molecule has 0 bridgehead atoms. The Hall–Kier alpha value is 0.240. The quantitative estimate of drug-likeness (QED) is 0.661. The van der Waals surface area contributed by atoms with Crippen molar-refractivity contribution in [2.75, 3.05) is 25.1 Å². The molecule has 0 unspecified atom stereocenters. The zero-order valence-corrected chi connectivity index (χ0v) is 7.14. The van der Waals surface area contributed by atoms with Gasteiger partial charge in [0.05, 0.1) is 0 Å². The summed E-state index contributed by atoms with van der Waals surface area (Å²) in [4.78, 5) is 0. The number of halogens is 1. The number of thioether (sulfide) groups is 1. The van der Waals surface area contributed by atoms with Crippen LogP contribution in [-0.2, 0) is 0 Å². The fourth-order valence-corrected chi connectivity index (χ4v) is 2.46. The molecular formula is C7H14FNS. The van der Waals surface area contributed by atoms with Gasteiger partial charge in [-0.25, -0.2) is 4.39 Å². The van der Waals surface area contributed by atoms with E-state index >= 15 is 0 Å². The van der Waals surface area contributed by atoms with Gasteiger partial charge in [-0.2, -0.15) is 11.8 Å². The van der Waals surface area contributed by atoms with Crippen LogP contribution >= 0.6 is 11.8 Å². The molecule has 0 aromatic heterocycles. The number of hydrogen-bond acceptors (Lipinski definition) is 2. The van der Waals surface area contributed by atoms with Gasteiger partial charge >= 0.3 is 0 Å². The van der Waals surface area contributed by atoms with E-state index in [9.17, 15) is 4.39 Å². The SMILES string of the molecule is CNCC1(F)CCSCC1. The maximum atomic E-state index is 13.5. The van der Waals surface area contributed by atoms with Gasteiger partial charge < -0.3 is 5.32 Å². The molecule has 0 saturated carbocycles. The maximum absolute atomic E-state index is 13.5. The minimum absolute atomic E-state index is 0.521. The van der Waals surface area contributed by atoms with Crippen LogP contribution in [0.25, 0.3) is 0 Å². The summed E-state index contributed by atoms with van der Waals surface area (Å²) < 4.78 is 13.5. The summed E-state index contributed by atoms with van der Waals surface area (Å²) in [5, 5.41) is 2.89. The summed E-state index contributed by atoms with van der Waals surface area (Å²) in [5.74, 6) is 1.97. The monoisotopic (exact) mass is 163 g/mol. The number of alkyl halides is 1. The maximum Gasteiger partial charge on any atom is 0.125 e. The number of hydrogen-bond donors (Lipinski definition) is 1. The Labute approximate surface area is 65.8 Å². The molecule has 1 rings (SSSR count). The van der Waals surface area contributed by atoms with Gasteiger partial charge in [0.15, 0.2) is 0 Å². The summed E-state index contributed by atoms with van der Waals surface area (Å²) in [7, 11) is 1.81. The van der Waals surface area contributed by atoms with Gasteiger partial charge in [0, 0.05) is 6.54 Å². The molecule has 1 saturated heterocycles. The van der Waals surface area contributed by atoms with Gasteiger partial charge in [0.1, 0.15) is 5.67 Å². The molecule has 0 aromatic carbocycles. The minimum atomic E-state index is -0.903. The van der Waals surface area contributed by atoms with Gasteiger partial charge in [0.2, 0.25) is 0 Å². The first kappa shape index (κ1) is 8.34. The van der Waals surface area contributed by atoms with Crippen molar-refractivity contribution in [3.8, 4) is 0 Å². The fraction of sp³-hybridized carbons (Fsp3) is 1.00. The highest BCUT2D eigenvalue weighted by Gasteiger charge is 2.30. The van der Waals surface area contributed by atoms with E-state index in [1.54, 1.807) is 0 Å². The zero-order valence-electron chi connectivity index (χ0n) is 6.32. The average molecular weight is 163 g/mol. The molecule has 60 valence electrons. The molecule has 0 atom stereocenters. The van der Waals surface area contributed by atoms with Crippen LogP contribution in [0, 0.1) is 0 Å². The van der Waals surface area contributed by atoms with Crippen molar-refractivity contribution < 1.29 is 4.39 Å². The molecular weight excluding hydrogens is 149 g/mol. The Morgan fingerprint density at radius 1 is 1.50 bits per heavy atom. The third-order valence-corrected chi connectivity index (χ3v) is 2.87. The van der Waals surface area contributed by atoms with Crippen LogP contribution < -0.4 is 5.32 Å². The lowest BCUT2D eigenvalue weighted by atomic mass is 9.99. The molecule has 0 aromatic rings. The summed E-state index contributed by atoms with van der Waals surface area (Å²) in [6.45, 7) is 0.521. The Kier molecular flexibility index (Phi) is 2.98.